The summed E-state index contributed by atoms with van der Waals surface area (Å²) in [6, 6.07) is 0. The van der Waals surface area contributed by atoms with Crippen molar-refractivity contribution in [3.05, 3.63) is 0 Å². The average Bonchev–Trinajstić information content (AvgIpc) is 1.64. The molecule has 5 heteroatoms. The fraction of sp³-hybridized carbons (Fsp3) is 0.750. The van der Waals surface area contributed by atoms with Crippen LogP contribution in [0.4, 0.5) is 0 Å². The first-order valence-corrected chi connectivity index (χ1v) is 4.68. The van der Waals surface area contributed by atoms with E-state index < -0.39 is 15.6 Å². The maximum atomic E-state index is 10.5. The lowest BCUT2D eigenvalue weighted by Gasteiger charge is -1.92. The molecule has 0 saturated heterocycles. The van der Waals surface area contributed by atoms with Crippen molar-refractivity contribution in [3.63, 3.8) is 0 Å². The summed E-state index contributed by atoms with van der Waals surface area (Å²) < 4.78 is 21.0. The van der Waals surface area contributed by atoms with E-state index in [4.69, 9.17) is 11.6 Å². The molecule has 0 aromatic heterocycles. The normalized spacial score (nSPS) is 11.2. The van der Waals surface area contributed by atoms with E-state index in [1.807, 2.05) is 0 Å². The predicted molar refractivity (Wildman–Crippen MR) is 35.4 cm³/mol. The number of rotatable bonds is 4. The molecule has 0 fully saturated rings. The Labute approximate surface area is 58.9 Å². The van der Waals surface area contributed by atoms with Gasteiger partial charge in [0.15, 0.2) is 9.84 Å². The summed E-state index contributed by atoms with van der Waals surface area (Å²) in [5, 5.41) is 0. The summed E-state index contributed by atoms with van der Waals surface area (Å²) in [7, 11) is -3.18. The quantitative estimate of drug-likeness (QED) is 0.435. The van der Waals surface area contributed by atoms with Gasteiger partial charge >= 0.3 is 0 Å². The molecule has 0 amide bonds. The van der Waals surface area contributed by atoms with Crippen molar-refractivity contribution in [3.8, 4) is 0 Å². The van der Waals surface area contributed by atoms with Crippen LogP contribution in [-0.4, -0.2) is 32.1 Å². The molecule has 0 heterocycles. The van der Waals surface area contributed by atoms with E-state index in [1.165, 1.54) is 0 Å². The van der Waals surface area contributed by atoms with Crippen molar-refractivity contribution in [2.24, 2.45) is 0 Å². The van der Waals surface area contributed by atoms with Crippen LogP contribution in [0.3, 0.4) is 0 Å². The largest absolute Gasteiger partial charge is 0.302 e. The lowest BCUT2D eigenvalue weighted by Crippen LogP contribution is -2.12. The van der Waals surface area contributed by atoms with E-state index >= 15 is 0 Å². The molecule has 0 N–H and O–H groups in total. The van der Waals surface area contributed by atoms with Crippen LogP contribution in [0.25, 0.3) is 0 Å². The molecule has 54 valence electrons. The van der Waals surface area contributed by atoms with Gasteiger partial charge in [-0.2, -0.15) is 0 Å². The van der Waals surface area contributed by atoms with Crippen molar-refractivity contribution in [2.75, 3.05) is 17.4 Å². The summed E-state index contributed by atoms with van der Waals surface area (Å²) in [5.41, 5.74) is 0. The Hall–Kier alpha value is -0.0900. The zero-order chi connectivity index (χ0) is 7.33. The third-order valence-electron chi connectivity index (χ3n) is 0.710. The zero-order valence-electron chi connectivity index (χ0n) is 4.71. The third-order valence-corrected chi connectivity index (χ3v) is 2.59. The minimum Gasteiger partial charge on any atom is -0.302 e. The highest BCUT2D eigenvalue weighted by atomic mass is 35.5. The minimum atomic E-state index is -3.18. The van der Waals surface area contributed by atoms with Crippen LogP contribution in [0.15, 0.2) is 0 Å². The predicted octanol–water partition coefficient (Wildman–Crippen LogP) is -0.161. The van der Waals surface area contributed by atoms with Crippen molar-refractivity contribution in [1.29, 1.82) is 0 Å². The second kappa shape index (κ2) is 3.85. The minimum absolute atomic E-state index is 0.0518. The molecule has 0 bridgehead atoms. The van der Waals surface area contributed by atoms with Gasteiger partial charge in [0.05, 0.1) is 5.75 Å². The molecular weight excluding hydrogens is 164 g/mol. The first-order chi connectivity index (χ1) is 4.12. The fourth-order valence-corrected chi connectivity index (χ4v) is 1.62. The van der Waals surface area contributed by atoms with Crippen molar-refractivity contribution in [1.82, 2.24) is 0 Å². The standard InChI is InChI=1S/C4H7ClO3S/c5-1-3-9(7,8)4-2-6/h2H,1,3-4H2. The monoisotopic (exact) mass is 170 g/mol. The van der Waals surface area contributed by atoms with Crippen molar-refractivity contribution < 1.29 is 13.2 Å². The van der Waals surface area contributed by atoms with E-state index in [9.17, 15) is 13.2 Å². The van der Waals surface area contributed by atoms with Gasteiger partial charge in [-0.3, -0.25) is 0 Å². The molecule has 0 aliphatic carbocycles. The summed E-state index contributed by atoms with van der Waals surface area (Å²) >= 11 is 5.13. The van der Waals surface area contributed by atoms with Crippen LogP contribution < -0.4 is 0 Å². The second-order valence-corrected chi connectivity index (χ2v) is 4.08. The maximum absolute atomic E-state index is 10.5. The number of carbonyl (C=O) groups excluding carboxylic acids is 1. The number of halogens is 1. The number of hydrogen-bond donors (Lipinski definition) is 0. The molecule has 0 unspecified atom stereocenters. The SMILES string of the molecule is O=CCS(=O)(=O)CCCl. The zero-order valence-corrected chi connectivity index (χ0v) is 6.28. The Kier molecular flexibility index (Phi) is 3.81. The molecule has 0 aromatic rings. The van der Waals surface area contributed by atoms with Gasteiger partial charge in [0.25, 0.3) is 0 Å². The van der Waals surface area contributed by atoms with Gasteiger partial charge in [0.2, 0.25) is 0 Å². The van der Waals surface area contributed by atoms with Crippen LogP contribution in [0.1, 0.15) is 0 Å². The van der Waals surface area contributed by atoms with Gasteiger partial charge < -0.3 is 4.79 Å². The maximum Gasteiger partial charge on any atom is 0.158 e. The van der Waals surface area contributed by atoms with Crippen molar-refractivity contribution >= 4 is 27.7 Å². The molecule has 3 nitrogen and oxygen atoms in total. The van der Waals surface area contributed by atoms with Crippen molar-refractivity contribution in [2.45, 2.75) is 0 Å². The van der Waals surface area contributed by atoms with Gasteiger partial charge in [-0.25, -0.2) is 8.42 Å². The van der Waals surface area contributed by atoms with Crippen LogP contribution in [-0.2, 0) is 14.6 Å². The van der Waals surface area contributed by atoms with Crippen LogP contribution in [0.5, 0.6) is 0 Å². The molecule has 0 atom stereocenters. The van der Waals surface area contributed by atoms with Crippen LogP contribution in [0.2, 0.25) is 0 Å². The van der Waals surface area contributed by atoms with E-state index in [1.54, 1.807) is 0 Å². The molecule has 9 heavy (non-hydrogen) atoms. The highest BCUT2D eigenvalue weighted by Gasteiger charge is 2.06. The van der Waals surface area contributed by atoms with Crippen LogP contribution >= 0.6 is 11.6 Å². The van der Waals surface area contributed by atoms with E-state index in [-0.39, 0.29) is 11.6 Å². The first kappa shape index (κ1) is 8.91. The molecular formula is C4H7ClO3S. The summed E-state index contributed by atoms with van der Waals surface area (Å²) in [5.74, 6) is -0.483. The fourth-order valence-electron chi connectivity index (χ4n) is 0.305. The van der Waals surface area contributed by atoms with E-state index in [2.05, 4.69) is 0 Å². The molecule has 0 spiro atoms. The Balaban J connectivity index is 3.88. The topological polar surface area (TPSA) is 51.2 Å². The summed E-state index contributed by atoms with van der Waals surface area (Å²) in [6.45, 7) is 0. The molecule has 0 aliphatic rings. The number of carbonyl (C=O) groups is 1. The molecule has 0 aromatic carbocycles. The highest BCUT2D eigenvalue weighted by molar-refractivity contribution is 7.92. The second-order valence-electron chi connectivity index (χ2n) is 1.47. The molecule has 0 aliphatic heterocycles. The number of hydrogen-bond acceptors (Lipinski definition) is 3. The Morgan fingerprint density at radius 2 is 2.00 bits per heavy atom. The molecule has 0 rings (SSSR count). The lowest BCUT2D eigenvalue weighted by atomic mass is 10.9. The summed E-state index contributed by atoms with van der Waals surface area (Å²) in [6.07, 6.45) is 0.363. The van der Waals surface area contributed by atoms with Gasteiger partial charge in [-0.05, 0) is 0 Å². The Morgan fingerprint density at radius 3 is 2.33 bits per heavy atom. The number of alkyl halides is 1. The van der Waals surface area contributed by atoms with Gasteiger partial charge in [0, 0.05) is 5.88 Å². The third kappa shape index (κ3) is 4.42. The lowest BCUT2D eigenvalue weighted by molar-refractivity contribution is -0.105. The van der Waals surface area contributed by atoms with Gasteiger partial charge in [0.1, 0.15) is 12.0 Å². The van der Waals surface area contributed by atoms with E-state index in [0.29, 0.717) is 6.29 Å². The van der Waals surface area contributed by atoms with E-state index in [0.717, 1.165) is 0 Å². The number of sulfone groups is 1. The highest BCUT2D eigenvalue weighted by Crippen LogP contribution is 1.88. The number of aldehydes is 1. The Bertz CT molecular complexity index is 172. The molecule has 0 radical (unpaired) electrons. The Morgan fingerprint density at radius 1 is 1.44 bits per heavy atom. The van der Waals surface area contributed by atoms with Gasteiger partial charge in [-0.1, -0.05) is 0 Å². The smallest absolute Gasteiger partial charge is 0.158 e. The summed E-state index contributed by atoms with van der Waals surface area (Å²) in [4.78, 5) is 9.67. The molecule has 0 saturated carbocycles. The van der Waals surface area contributed by atoms with Gasteiger partial charge in [-0.15, -0.1) is 11.6 Å². The first-order valence-electron chi connectivity index (χ1n) is 2.32. The van der Waals surface area contributed by atoms with Crippen LogP contribution in [0, 0.1) is 0 Å². The average molecular weight is 171 g/mol.